The molecule has 0 radical (unpaired) electrons. The van der Waals surface area contributed by atoms with Crippen LogP contribution < -0.4 is 0 Å². The maximum absolute atomic E-state index is 15.1. The molecule has 1 fully saturated rings. The van der Waals surface area contributed by atoms with Gasteiger partial charge in [-0.25, -0.2) is 13.2 Å². The summed E-state index contributed by atoms with van der Waals surface area (Å²) >= 11 is 5.54. The summed E-state index contributed by atoms with van der Waals surface area (Å²) < 4.78 is 42.7. The fraction of sp³-hybridized carbons (Fsp3) is 0.333. The molecule has 1 aliphatic rings. The molecule has 0 unspecified atom stereocenters. The zero-order valence-corrected chi connectivity index (χ0v) is 16.5. The van der Waals surface area contributed by atoms with Crippen molar-refractivity contribution in [3.8, 4) is 11.1 Å². The Hall–Kier alpha value is -2.00. The first-order valence-electron chi connectivity index (χ1n) is 9.85. The highest BCUT2D eigenvalue weighted by molar-refractivity contribution is 6.31. The second kappa shape index (κ2) is 7.79. The predicted octanol–water partition coefficient (Wildman–Crippen LogP) is 8.26. The first-order chi connectivity index (χ1) is 13.5. The number of halogens is 4. The molecule has 4 heteroatoms. The van der Waals surface area contributed by atoms with Gasteiger partial charge in [-0.1, -0.05) is 55.3 Å². The summed E-state index contributed by atoms with van der Waals surface area (Å²) in [6, 6.07) is 11.4. The second-order valence-electron chi connectivity index (χ2n) is 7.79. The molecule has 0 saturated heterocycles. The number of rotatable bonds is 3. The highest BCUT2D eigenvalue weighted by Gasteiger charge is 2.22. The highest BCUT2D eigenvalue weighted by atomic mass is 35.5. The van der Waals surface area contributed by atoms with Crippen molar-refractivity contribution in [1.29, 1.82) is 0 Å². The van der Waals surface area contributed by atoms with E-state index in [9.17, 15) is 8.78 Å². The smallest absolute Gasteiger partial charge is 0.145 e. The van der Waals surface area contributed by atoms with E-state index in [4.69, 9.17) is 11.6 Å². The molecule has 0 N–H and O–H groups in total. The Bertz CT molecular complexity index is 997. The Morgan fingerprint density at radius 1 is 0.893 bits per heavy atom. The minimum absolute atomic E-state index is 0.140. The van der Waals surface area contributed by atoms with Crippen LogP contribution in [0.3, 0.4) is 0 Å². The van der Waals surface area contributed by atoms with Gasteiger partial charge >= 0.3 is 0 Å². The van der Waals surface area contributed by atoms with Crippen molar-refractivity contribution in [3.63, 3.8) is 0 Å². The minimum atomic E-state index is -0.894. The molecule has 0 nitrogen and oxygen atoms in total. The zero-order chi connectivity index (χ0) is 19.8. The van der Waals surface area contributed by atoms with Gasteiger partial charge < -0.3 is 0 Å². The fourth-order valence-corrected chi connectivity index (χ4v) is 4.51. The van der Waals surface area contributed by atoms with Gasteiger partial charge in [-0.15, -0.1) is 0 Å². The molecule has 3 aromatic carbocycles. The van der Waals surface area contributed by atoms with Crippen molar-refractivity contribution in [1.82, 2.24) is 0 Å². The summed E-state index contributed by atoms with van der Waals surface area (Å²) in [6.45, 7) is 2.25. The first-order valence-corrected chi connectivity index (χ1v) is 10.2. The van der Waals surface area contributed by atoms with Crippen LogP contribution in [0, 0.1) is 23.4 Å². The number of hydrogen-bond acceptors (Lipinski definition) is 0. The Kier molecular flexibility index (Phi) is 5.37. The van der Waals surface area contributed by atoms with Crippen molar-refractivity contribution < 1.29 is 13.2 Å². The van der Waals surface area contributed by atoms with Crippen LogP contribution in [0.25, 0.3) is 21.9 Å². The monoisotopic (exact) mass is 402 g/mol. The van der Waals surface area contributed by atoms with Crippen LogP contribution in [0.4, 0.5) is 13.2 Å². The SMILES string of the molecule is CCC1CCC(c2ccc3c(F)c(-c4cc(F)c(Cl)c(F)c4)ccc3c2)CC1. The van der Waals surface area contributed by atoms with Crippen LogP contribution in [0.2, 0.25) is 5.02 Å². The molecule has 0 spiro atoms. The van der Waals surface area contributed by atoms with Crippen LogP contribution in [0.5, 0.6) is 0 Å². The number of hydrogen-bond donors (Lipinski definition) is 0. The molecule has 146 valence electrons. The molecular weight excluding hydrogens is 381 g/mol. The maximum atomic E-state index is 15.1. The lowest BCUT2D eigenvalue weighted by Crippen LogP contribution is -2.12. The quantitative estimate of drug-likeness (QED) is 0.387. The van der Waals surface area contributed by atoms with Gasteiger partial charge in [0.1, 0.15) is 22.5 Å². The Morgan fingerprint density at radius 2 is 1.57 bits per heavy atom. The van der Waals surface area contributed by atoms with E-state index in [0.717, 1.165) is 23.4 Å². The molecule has 0 atom stereocenters. The van der Waals surface area contributed by atoms with E-state index in [1.165, 1.54) is 37.7 Å². The second-order valence-corrected chi connectivity index (χ2v) is 8.17. The lowest BCUT2D eigenvalue weighted by Gasteiger charge is -2.28. The maximum Gasteiger partial charge on any atom is 0.145 e. The van der Waals surface area contributed by atoms with Crippen LogP contribution >= 0.6 is 11.6 Å². The largest absolute Gasteiger partial charge is 0.206 e. The molecule has 1 saturated carbocycles. The van der Waals surface area contributed by atoms with Gasteiger partial charge in [0.15, 0.2) is 0 Å². The Balaban J connectivity index is 1.69. The van der Waals surface area contributed by atoms with Gasteiger partial charge in [0.05, 0.1) is 0 Å². The van der Waals surface area contributed by atoms with Crippen molar-refractivity contribution in [2.45, 2.75) is 44.9 Å². The summed E-state index contributed by atoms with van der Waals surface area (Å²) in [4.78, 5) is 0. The van der Waals surface area contributed by atoms with Gasteiger partial charge in [-0.3, -0.25) is 0 Å². The third kappa shape index (κ3) is 3.53. The molecule has 1 aliphatic carbocycles. The van der Waals surface area contributed by atoms with Crippen LogP contribution in [-0.2, 0) is 0 Å². The average Bonchev–Trinajstić information content (AvgIpc) is 2.72. The van der Waals surface area contributed by atoms with E-state index in [1.54, 1.807) is 12.1 Å². The van der Waals surface area contributed by atoms with E-state index >= 15 is 4.39 Å². The van der Waals surface area contributed by atoms with Crippen LogP contribution in [0.1, 0.15) is 50.5 Å². The van der Waals surface area contributed by atoms with Gasteiger partial charge in [-0.05, 0) is 66.2 Å². The van der Waals surface area contributed by atoms with E-state index in [1.807, 2.05) is 12.1 Å². The van der Waals surface area contributed by atoms with Gasteiger partial charge in [0, 0.05) is 10.9 Å². The lowest BCUT2D eigenvalue weighted by atomic mass is 9.77. The van der Waals surface area contributed by atoms with Crippen molar-refractivity contribution in [2.24, 2.45) is 5.92 Å². The highest BCUT2D eigenvalue weighted by Crippen LogP contribution is 2.39. The van der Waals surface area contributed by atoms with E-state index in [2.05, 4.69) is 13.0 Å². The zero-order valence-electron chi connectivity index (χ0n) is 15.7. The molecule has 0 heterocycles. The molecule has 3 aromatic rings. The predicted molar refractivity (Wildman–Crippen MR) is 109 cm³/mol. The molecule has 28 heavy (non-hydrogen) atoms. The third-order valence-corrected chi connectivity index (χ3v) is 6.53. The van der Waals surface area contributed by atoms with Crippen LogP contribution in [0.15, 0.2) is 42.5 Å². The molecule has 4 rings (SSSR count). The van der Waals surface area contributed by atoms with E-state index in [0.29, 0.717) is 11.3 Å². The lowest BCUT2D eigenvalue weighted by molar-refractivity contribution is 0.319. The Morgan fingerprint density at radius 3 is 2.21 bits per heavy atom. The number of benzene rings is 3. The molecular formula is C24H22ClF3. The summed E-state index contributed by atoms with van der Waals surface area (Å²) in [7, 11) is 0. The molecule has 0 aliphatic heterocycles. The van der Waals surface area contributed by atoms with Crippen LogP contribution in [-0.4, -0.2) is 0 Å². The fourth-order valence-electron chi connectivity index (χ4n) is 4.40. The standard InChI is InChI=1S/C24H22ClF3/c1-2-14-3-5-15(6-4-14)16-7-9-19-17(11-16)8-10-20(24(19)28)18-12-21(26)23(25)22(27)13-18/h7-15H,2-6H2,1H3. The Labute approximate surface area is 168 Å². The topological polar surface area (TPSA) is 0 Å². The van der Waals surface area contributed by atoms with E-state index in [-0.39, 0.29) is 11.1 Å². The molecule has 0 bridgehead atoms. The average molecular weight is 403 g/mol. The summed E-state index contributed by atoms with van der Waals surface area (Å²) in [6.07, 6.45) is 6.09. The van der Waals surface area contributed by atoms with Gasteiger partial charge in [0.25, 0.3) is 0 Å². The number of fused-ring (bicyclic) bond motifs is 1. The normalized spacial score (nSPS) is 19.9. The summed E-state index contributed by atoms with van der Waals surface area (Å²) in [5, 5.41) is 0.693. The molecule has 0 amide bonds. The van der Waals surface area contributed by atoms with E-state index < -0.39 is 22.5 Å². The molecule has 0 aromatic heterocycles. The van der Waals surface area contributed by atoms with Gasteiger partial charge in [0.2, 0.25) is 0 Å². The van der Waals surface area contributed by atoms with Crippen molar-refractivity contribution in [3.05, 3.63) is 70.5 Å². The first kappa shape index (κ1) is 19.3. The van der Waals surface area contributed by atoms with Gasteiger partial charge in [-0.2, -0.15) is 0 Å². The minimum Gasteiger partial charge on any atom is -0.206 e. The van der Waals surface area contributed by atoms with Crippen molar-refractivity contribution >= 4 is 22.4 Å². The van der Waals surface area contributed by atoms with Crippen molar-refractivity contribution in [2.75, 3.05) is 0 Å². The summed E-state index contributed by atoms with van der Waals surface area (Å²) in [5.41, 5.74) is 1.55. The third-order valence-electron chi connectivity index (χ3n) is 6.17. The summed E-state index contributed by atoms with van der Waals surface area (Å²) in [5.74, 6) is -0.908.